The first-order valence-electron chi connectivity index (χ1n) is 6.26. The first kappa shape index (κ1) is 13.8. The Kier molecular flexibility index (Phi) is 3.93. The van der Waals surface area contributed by atoms with Crippen molar-refractivity contribution in [3.05, 3.63) is 0 Å². The van der Waals surface area contributed by atoms with Gasteiger partial charge in [0.05, 0.1) is 18.1 Å². The molecule has 3 N–H and O–H groups in total. The Morgan fingerprint density at radius 1 is 1.44 bits per heavy atom. The van der Waals surface area contributed by atoms with Gasteiger partial charge in [0.2, 0.25) is 5.91 Å². The van der Waals surface area contributed by atoms with Crippen LogP contribution < -0.4 is 10.6 Å². The number of nitrogens with one attached hydrogen (secondary N) is 2. The molecule has 6 nitrogen and oxygen atoms in total. The number of aliphatic hydroxyl groups is 1. The summed E-state index contributed by atoms with van der Waals surface area (Å²) in [5, 5.41) is 14.9. The van der Waals surface area contributed by atoms with Gasteiger partial charge in [0.1, 0.15) is 0 Å². The van der Waals surface area contributed by atoms with Crippen LogP contribution in [0.3, 0.4) is 0 Å². The number of sulfone groups is 1. The highest BCUT2D eigenvalue weighted by Gasteiger charge is 2.42. The molecule has 0 aromatic heterocycles. The summed E-state index contributed by atoms with van der Waals surface area (Å²) in [6, 6.07) is -0.284. The number of aliphatic hydroxyl groups excluding tert-OH is 1. The Bertz CT molecular complexity index is 417. The van der Waals surface area contributed by atoms with Gasteiger partial charge in [-0.2, -0.15) is 0 Å². The number of amides is 1. The molecule has 1 aliphatic heterocycles. The van der Waals surface area contributed by atoms with E-state index in [1.807, 2.05) is 0 Å². The van der Waals surface area contributed by atoms with Crippen molar-refractivity contribution in [1.29, 1.82) is 0 Å². The van der Waals surface area contributed by atoms with Crippen molar-refractivity contribution in [2.75, 3.05) is 31.2 Å². The van der Waals surface area contributed by atoms with Crippen LogP contribution in [0.25, 0.3) is 0 Å². The molecule has 104 valence electrons. The quantitative estimate of drug-likeness (QED) is 0.577. The second-order valence-corrected chi connectivity index (χ2v) is 7.63. The molecule has 18 heavy (non-hydrogen) atoms. The summed E-state index contributed by atoms with van der Waals surface area (Å²) in [6.07, 6.45) is 2.07. The Balaban J connectivity index is 1.74. The van der Waals surface area contributed by atoms with E-state index in [0.29, 0.717) is 13.1 Å². The minimum Gasteiger partial charge on any atom is -0.396 e. The number of hydrogen-bond donors (Lipinski definition) is 3. The third-order valence-corrected chi connectivity index (χ3v) is 5.42. The molecule has 1 atom stereocenters. The lowest BCUT2D eigenvalue weighted by atomic mass is 10.1. The van der Waals surface area contributed by atoms with Crippen LogP contribution in [-0.4, -0.2) is 56.7 Å². The standard InChI is InChI=1S/C11H20N2O4S/c14-8-11(1-2-11)7-13-10(15)5-9-6-18(16,17)4-3-12-9/h9,12,14H,1-8H2,(H,13,15). The van der Waals surface area contributed by atoms with Crippen LogP contribution in [0, 0.1) is 5.41 Å². The summed E-state index contributed by atoms with van der Waals surface area (Å²) >= 11 is 0. The van der Waals surface area contributed by atoms with Crippen molar-refractivity contribution in [3.63, 3.8) is 0 Å². The smallest absolute Gasteiger partial charge is 0.221 e. The summed E-state index contributed by atoms with van der Waals surface area (Å²) in [5.41, 5.74) is -0.109. The number of hydrogen-bond acceptors (Lipinski definition) is 5. The van der Waals surface area contributed by atoms with E-state index >= 15 is 0 Å². The van der Waals surface area contributed by atoms with E-state index in [-0.39, 0.29) is 41.9 Å². The van der Waals surface area contributed by atoms with Crippen molar-refractivity contribution in [2.24, 2.45) is 5.41 Å². The maximum Gasteiger partial charge on any atom is 0.221 e. The summed E-state index contributed by atoms with van der Waals surface area (Å²) < 4.78 is 22.8. The topological polar surface area (TPSA) is 95.5 Å². The van der Waals surface area contributed by atoms with Gasteiger partial charge in [-0.05, 0) is 12.8 Å². The highest BCUT2D eigenvalue weighted by atomic mass is 32.2. The molecule has 0 bridgehead atoms. The third kappa shape index (κ3) is 3.66. The molecule has 0 aromatic carbocycles. The fourth-order valence-electron chi connectivity index (χ4n) is 2.15. The third-order valence-electron chi connectivity index (χ3n) is 3.69. The van der Waals surface area contributed by atoms with E-state index in [1.165, 1.54) is 0 Å². The highest BCUT2D eigenvalue weighted by molar-refractivity contribution is 7.91. The molecular formula is C11H20N2O4S. The van der Waals surface area contributed by atoms with Crippen molar-refractivity contribution < 1.29 is 18.3 Å². The van der Waals surface area contributed by atoms with Gasteiger partial charge in [-0.25, -0.2) is 8.42 Å². The lowest BCUT2D eigenvalue weighted by molar-refractivity contribution is -0.121. The lowest BCUT2D eigenvalue weighted by Crippen LogP contribution is -2.47. The van der Waals surface area contributed by atoms with Crippen LogP contribution in [0.15, 0.2) is 0 Å². The Hall–Kier alpha value is -0.660. The zero-order valence-corrected chi connectivity index (χ0v) is 11.1. The summed E-state index contributed by atoms with van der Waals surface area (Å²) in [6.45, 7) is 1.01. The maximum absolute atomic E-state index is 11.7. The monoisotopic (exact) mass is 276 g/mol. The van der Waals surface area contributed by atoms with Gasteiger partial charge >= 0.3 is 0 Å². The summed E-state index contributed by atoms with van der Waals surface area (Å²) in [5.74, 6) is 0.0361. The number of rotatable bonds is 5. The fraction of sp³-hybridized carbons (Fsp3) is 0.909. The van der Waals surface area contributed by atoms with Gasteiger partial charge in [0.15, 0.2) is 9.84 Å². The molecule has 0 spiro atoms. The van der Waals surface area contributed by atoms with Crippen molar-refractivity contribution in [2.45, 2.75) is 25.3 Å². The fourth-order valence-corrected chi connectivity index (χ4v) is 3.59. The molecule has 1 saturated heterocycles. The van der Waals surface area contributed by atoms with Gasteiger partial charge in [-0.15, -0.1) is 0 Å². The van der Waals surface area contributed by atoms with Gasteiger partial charge in [-0.1, -0.05) is 0 Å². The molecule has 1 unspecified atom stereocenters. The second-order valence-electron chi connectivity index (χ2n) is 5.40. The van der Waals surface area contributed by atoms with E-state index in [4.69, 9.17) is 5.11 Å². The molecule has 2 fully saturated rings. The largest absolute Gasteiger partial charge is 0.396 e. The first-order valence-corrected chi connectivity index (χ1v) is 8.08. The molecule has 2 rings (SSSR count). The molecule has 1 heterocycles. The predicted molar refractivity (Wildman–Crippen MR) is 66.8 cm³/mol. The molecule has 2 aliphatic rings. The molecule has 0 aromatic rings. The van der Waals surface area contributed by atoms with E-state index in [0.717, 1.165) is 12.8 Å². The predicted octanol–water partition coefficient (Wildman–Crippen LogP) is -1.35. The van der Waals surface area contributed by atoms with Crippen LogP contribution >= 0.6 is 0 Å². The minimum atomic E-state index is -3.00. The zero-order valence-electron chi connectivity index (χ0n) is 10.3. The first-order chi connectivity index (χ1) is 8.45. The van der Waals surface area contributed by atoms with Gasteiger partial charge < -0.3 is 15.7 Å². The zero-order chi connectivity index (χ0) is 13.2. The van der Waals surface area contributed by atoms with Crippen molar-refractivity contribution in [3.8, 4) is 0 Å². The summed E-state index contributed by atoms with van der Waals surface area (Å²) in [4.78, 5) is 11.7. The van der Waals surface area contributed by atoms with Crippen LogP contribution in [0.2, 0.25) is 0 Å². The molecule has 7 heteroatoms. The van der Waals surface area contributed by atoms with E-state index in [9.17, 15) is 13.2 Å². The molecule has 1 saturated carbocycles. The van der Waals surface area contributed by atoms with Gasteiger partial charge in [0.25, 0.3) is 0 Å². The minimum absolute atomic E-state index is 0.0333. The number of carbonyl (C=O) groups excluding carboxylic acids is 1. The SMILES string of the molecule is O=C(CC1CS(=O)(=O)CCN1)NCC1(CO)CC1. The van der Waals surface area contributed by atoms with E-state index in [1.54, 1.807) is 0 Å². The van der Waals surface area contributed by atoms with E-state index < -0.39 is 9.84 Å². The van der Waals surface area contributed by atoms with Crippen LogP contribution in [0.1, 0.15) is 19.3 Å². The molecule has 1 amide bonds. The second kappa shape index (κ2) is 5.14. The lowest BCUT2D eigenvalue weighted by Gasteiger charge is -2.23. The van der Waals surface area contributed by atoms with Crippen LogP contribution in [0.5, 0.6) is 0 Å². The maximum atomic E-state index is 11.7. The van der Waals surface area contributed by atoms with Crippen LogP contribution in [-0.2, 0) is 14.6 Å². The molecule has 0 radical (unpaired) electrons. The Morgan fingerprint density at radius 3 is 2.72 bits per heavy atom. The average molecular weight is 276 g/mol. The van der Waals surface area contributed by atoms with Gasteiger partial charge in [0, 0.05) is 31.0 Å². The molecular weight excluding hydrogens is 256 g/mol. The van der Waals surface area contributed by atoms with Crippen molar-refractivity contribution >= 4 is 15.7 Å². The summed E-state index contributed by atoms with van der Waals surface area (Å²) in [7, 11) is -3.00. The average Bonchev–Trinajstić information content (AvgIpc) is 3.06. The Labute approximate surface area is 107 Å². The van der Waals surface area contributed by atoms with Gasteiger partial charge in [-0.3, -0.25) is 4.79 Å². The van der Waals surface area contributed by atoms with Crippen LogP contribution in [0.4, 0.5) is 0 Å². The normalized spacial score (nSPS) is 28.6. The number of carbonyl (C=O) groups is 1. The molecule has 1 aliphatic carbocycles. The highest BCUT2D eigenvalue weighted by Crippen LogP contribution is 2.44. The van der Waals surface area contributed by atoms with E-state index in [2.05, 4.69) is 10.6 Å². The van der Waals surface area contributed by atoms with Crippen molar-refractivity contribution in [1.82, 2.24) is 10.6 Å². The Morgan fingerprint density at radius 2 is 2.17 bits per heavy atom.